The molecule has 9 heteroatoms. The minimum atomic E-state index is -0.313. The lowest BCUT2D eigenvalue weighted by molar-refractivity contribution is 0.183. The molecule has 0 unspecified atom stereocenters. The molecule has 104 valence electrons. The summed E-state index contributed by atoms with van der Waals surface area (Å²) in [5.41, 5.74) is 0.988. The average Bonchev–Trinajstić information content (AvgIpc) is 3.04. The van der Waals surface area contributed by atoms with Gasteiger partial charge < -0.3 is 10.1 Å². The summed E-state index contributed by atoms with van der Waals surface area (Å²) < 4.78 is 8.08. The maximum absolute atomic E-state index is 11.3. The highest BCUT2D eigenvalue weighted by atomic mass is 16.5. The summed E-state index contributed by atoms with van der Waals surface area (Å²) in [7, 11) is 1.65. The van der Waals surface area contributed by atoms with Crippen LogP contribution >= 0.6 is 0 Å². The molecule has 0 fully saturated rings. The Morgan fingerprint density at radius 1 is 1.50 bits per heavy atom. The molecular weight excluding hydrogens is 262 g/mol. The van der Waals surface area contributed by atoms with Crippen molar-refractivity contribution in [2.75, 3.05) is 19.0 Å². The fraction of sp³-hybridized carbons (Fsp3) is 0.273. The summed E-state index contributed by atoms with van der Waals surface area (Å²) in [6, 6.07) is 1.67. The van der Waals surface area contributed by atoms with Crippen LogP contribution in [0, 0.1) is 0 Å². The number of H-pyrrole nitrogens is 1. The fourth-order valence-corrected chi connectivity index (χ4v) is 1.76. The molecule has 0 saturated carbocycles. The van der Waals surface area contributed by atoms with Gasteiger partial charge in [0.05, 0.1) is 25.0 Å². The quantitative estimate of drug-likeness (QED) is 0.679. The summed E-state index contributed by atoms with van der Waals surface area (Å²) in [5.74, 6) is 0.586. The third-order valence-electron chi connectivity index (χ3n) is 2.74. The first-order valence-corrected chi connectivity index (χ1v) is 5.97. The molecule has 3 aromatic heterocycles. The molecule has 0 aliphatic carbocycles. The van der Waals surface area contributed by atoms with E-state index in [2.05, 4.69) is 25.6 Å². The number of rotatable bonds is 5. The van der Waals surface area contributed by atoms with Crippen LogP contribution in [-0.4, -0.2) is 43.1 Å². The Balaban J connectivity index is 1.78. The number of aromatic amines is 1. The first-order chi connectivity index (χ1) is 9.76. The smallest absolute Gasteiger partial charge is 0.348 e. The Morgan fingerprint density at radius 3 is 3.25 bits per heavy atom. The lowest BCUT2D eigenvalue weighted by Gasteiger charge is -2.02. The number of hydrogen-bond acceptors (Lipinski definition) is 6. The zero-order valence-electron chi connectivity index (χ0n) is 10.8. The number of hydrogen-bond donors (Lipinski definition) is 2. The SMILES string of the molecule is COCCn1cc(Nc2cc3n[nH]c(=O)n3cn2)cn1. The summed E-state index contributed by atoms with van der Waals surface area (Å²) in [5, 5.41) is 13.5. The second kappa shape index (κ2) is 5.13. The van der Waals surface area contributed by atoms with Crippen LogP contribution in [0.25, 0.3) is 5.65 Å². The van der Waals surface area contributed by atoms with Crippen LogP contribution in [0.1, 0.15) is 0 Å². The predicted molar refractivity (Wildman–Crippen MR) is 71.0 cm³/mol. The number of aromatic nitrogens is 6. The van der Waals surface area contributed by atoms with E-state index in [9.17, 15) is 4.79 Å². The number of nitrogens with zero attached hydrogens (tertiary/aromatic N) is 5. The molecule has 0 aliphatic rings. The van der Waals surface area contributed by atoms with Crippen molar-refractivity contribution in [2.45, 2.75) is 6.54 Å². The van der Waals surface area contributed by atoms with Gasteiger partial charge in [0.25, 0.3) is 0 Å². The Labute approximate surface area is 113 Å². The van der Waals surface area contributed by atoms with Gasteiger partial charge in [-0.15, -0.1) is 0 Å². The van der Waals surface area contributed by atoms with Crippen LogP contribution in [0.4, 0.5) is 11.5 Å². The first kappa shape index (κ1) is 12.4. The molecule has 0 aliphatic heterocycles. The first-order valence-electron chi connectivity index (χ1n) is 5.97. The van der Waals surface area contributed by atoms with E-state index >= 15 is 0 Å². The lowest BCUT2D eigenvalue weighted by Crippen LogP contribution is -2.09. The van der Waals surface area contributed by atoms with E-state index in [0.717, 1.165) is 5.69 Å². The summed E-state index contributed by atoms with van der Waals surface area (Å²) >= 11 is 0. The van der Waals surface area contributed by atoms with Gasteiger partial charge in [-0.3, -0.25) is 4.68 Å². The Morgan fingerprint density at radius 2 is 2.40 bits per heavy atom. The molecular formula is C11H13N7O2. The van der Waals surface area contributed by atoms with E-state index < -0.39 is 0 Å². The monoisotopic (exact) mass is 275 g/mol. The van der Waals surface area contributed by atoms with Crippen molar-refractivity contribution in [3.8, 4) is 0 Å². The zero-order chi connectivity index (χ0) is 13.9. The van der Waals surface area contributed by atoms with Crippen LogP contribution in [-0.2, 0) is 11.3 Å². The van der Waals surface area contributed by atoms with E-state index in [1.54, 1.807) is 24.1 Å². The fourth-order valence-electron chi connectivity index (χ4n) is 1.76. The van der Waals surface area contributed by atoms with Crippen molar-refractivity contribution in [1.29, 1.82) is 0 Å². The van der Waals surface area contributed by atoms with E-state index in [4.69, 9.17) is 4.74 Å². The van der Waals surface area contributed by atoms with E-state index in [0.29, 0.717) is 24.6 Å². The highest BCUT2D eigenvalue weighted by Crippen LogP contribution is 2.13. The minimum absolute atomic E-state index is 0.313. The number of ether oxygens (including phenoxy) is 1. The van der Waals surface area contributed by atoms with Crippen LogP contribution in [0.5, 0.6) is 0 Å². The normalized spacial score (nSPS) is 11.1. The van der Waals surface area contributed by atoms with Crippen molar-refractivity contribution in [1.82, 2.24) is 29.4 Å². The molecule has 0 amide bonds. The van der Waals surface area contributed by atoms with E-state index in [-0.39, 0.29) is 5.69 Å². The maximum atomic E-state index is 11.3. The van der Waals surface area contributed by atoms with Gasteiger partial charge in [0.2, 0.25) is 0 Å². The Hall–Kier alpha value is -2.68. The third kappa shape index (κ3) is 2.38. The molecule has 0 aromatic carbocycles. The number of fused-ring (bicyclic) bond motifs is 1. The Kier molecular flexibility index (Phi) is 3.17. The van der Waals surface area contributed by atoms with Crippen LogP contribution in [0.15, 0.2) is 29.6 Å². The minimum Gasteiger partial charge on any atom is -0.383 e. The van der Waals surface area contributed by atoms with Crippen molar-refractivity contribution < 1.29 is 4.74 Å². The van der Waals surface area contributed by atoms with Gasteiger partial charge in [-0.25, -0.2) is 19.3 Å². The number of anilines is 2. The molecule has 0 saturated heterocycles. The van der Waals surface area contributed by atoms with Gasteiger partial charge in [-0.05, 0) is 0 Å². The highest BCUT2D eigenvalue weighted by Gasteiger charge is 2.04. The van der Waals surface area contributed by atoms with Gasteiger partial charge >= 0.3 is 5.69 Å². The van der Waals surface area contributed by atoms with Crippen LogP contribution in [0.3, 0.4) is 0 Å². The van der Waals surface area contributed by atoms with Gasteiger partial charge in [0, 0.05) is 19.4 Å². The van der Waals surface area contributed by atoms with E-state index in [1.807, 2.05) is 6.20 Å². The van der Waals surface area contributed by atoms with Crippen LogP contribution in [0.2, 0.25) is 0 Å². The molecule has 3 heterocycles. The van der Waals surface area contributed by atoms with Crippen molar-refractivity contribution in [3.63, 3.8) is 0 Å². The van der Waals surface area contributed by atoms with Crippen molar-refractivity contribution in [2.24, 2.45) is 0 Å². The lowest BCUT2D eigenvalue weighted by atomic mass is 10.5. The Bertz CT molecular complexity index is 772. The predicted octanol–water partition coefficient (Wildman–Crippen LogP) is 0.00410. The molecule has 3 rings (SSSR count). The maximum Gasteiger partial charge on any atom is 0.348 e. The van der Waals surface area contributed by atoms with Gasteiger partial charge in [-0.1, -0.05) is 0 Å². The summed E-state index contributed by atoms with van der Waals surface area (Å²) in [4.78, 5) is 15.4. The highest BCUT2D eigenvalue weighted by molar-refractivity contribution is 5.58. The second-order valence-electron chi connectivity index (χ2n) is 4.14. The molecule has 0 bridgehead atoms. The number of methoxy groups -OCH3 is 1. The molecule has 0 radical (unpaired) electrons. The molecule has 3 aromatic rings. The van der Waals surface area contributed by atoms with Gasteiger partial charge in [0.15, 0.2) is 5.65 Å². The summed E-state index contributed by atoms with van der Waals surface area (Å²) in [6.45, 7) is 1.28. The zero-order valence-corrected chi connectivity index (χ0v) is 10.8. The largest absolute Gasteiger partial charge is 0.383 e. The topological polar surface area (TPSA) is 102 Å². The van der Waals surface area contributed by atoms with Crippen molar-refractivity contribution >= 4 is 17.2 Å². The van der Waals surface area contributed by atoms with Crippen LogP contribution < -0.4 is 11.0 Å². The molecule has 2 N–H and O–H groups in total. The summed E-state index contributed by atoms with van der Waals surface area (Å²) in [6.07, 6.45) is 4.96. The number of nitrogens with one attached hydrogen (secondary N) is 2. The molecule has 9 nitrogen and oxygen atoms in total. The second-order valence-corrected chi connectivity index (χ2v) is 4.14. The van der Waals surface area contributed by atoms with E-state index in [1.165, 1.54) is 10.7 Å². The molecule has 0 spiro atoms. The van der Waals surface area contributed by atoms with Gasteiger partial charge in [-0.2, -0.15) is 10.2 Å². The average molecular weight is 275 g/mol. The third-order valence-corrected chi connectivity index (χ3v) is 2.74. The molecule has 20 heavy (non-hydrogen) atoms. The van der Waals surface area contributed by atoms with Gasteiger partial charge in [0.1, 0.15) is 12.1 Å². The standard InChI is InChI=1S/C11H13N7O2/c1-20-3-2-17-6-8(5-13-17)14-9-4-10-15-16-11(19)18(10)7-12-9/h4-7,14H,2-3H2,1H3,(H,16,19). The molecule has 0 atom stereocenters. The van der Waals surface area contributed by atoms with Crippen molar-refractivity contribution in [3.05, 3.63) is 35.3 Å².